The van der Waals surface area contributed by atoms with E-state index in [1.54, 1.807) is 0 Å². The van der Waals surface area contributed by atoms with Crippen LogP contribution in [0.5, 0.6) is 0 Å². The molecule has 2 atom stereocenters. The van der Waals surface area contributed by atoms with Crippen molar-refractivity contribution < 1.29 is 19.0 Å². The second kappa shape index (κ2) is 9.71. The third kappa shape index (κ3) is 5.69. The molecule has 24 heavy (non-hydrogen) atoms. The lowest BCUT2D eigenvalue weighted by atomic mass is 9.93. The van der Waals surface area contributed by atoms with Crippen LogP contribution in [0, 0.1) is 12.3 Å². The predicted octanol–water partition coefficient (Wildman–Crippen LogP) is 2.05. The number of rotatable bonds is 7. The van der Waals surface area contributed by atoms with Crippen molar-refractivity contribution in [1.82, 2.24) is 10.8 Å². The van der Waals surface area contributed by atoms with Gasteiger partial charge in [0.25, 0.3) is 0 Å². The lowest BCUT2D eigenvalue weighted by molar-refractivity contribution is -0.0940. The Kier molecular flexibility index (Phi) is 7.33. The number of hydrogen-bond acceptors (Lipinski definition) is 6. The van der Waals surface area contributed by atoms with Crippen LogP contribution in [-0.2, 0) is 19.0 Å². The summed E-state index contributed by atoms with van der Waals surface area (Å²) in [7, 11) is 0. The van der Waals surface area contributed by atoms with E-state index in [4.69, 9.17) is 25.5 Å². The molecular formula is C18H30N2O4. The monoisotopic (exact) mass is 338 g/mol. The number of hydroxylamine groups is 1. The molecule has 1 aliphatic heterocycles. The minimum atomic E-state index is -0.366. The maximum atomic E-state index is 6.27. The van der Waals surface area contributed by atoms with Crippen molar-refractivity contribution in [3.05, 3.63) is 0 Å². The fourth-order valence-corrected chi connectivity index (χ4v) is 3.71. The Balaban J connectivity index is 1.27. The van der Waals surface area contributed by atoms with E-state index in [-0.39, 0.29) is 19.2 Å². The predicted molar refractivity (Wildman–Crippen MR) is 89.7 cm³/mol. The van der Waals surface area contributed by atoms with E-state index in [9.17, 15) is 0 Å². The maximum absolute atomic E-state index is 6.27. The molecule has 0 aromatic heterocycles. The van der Waals surface area contributed by atoms with Crippen LogP contribution < -0.4 is 10.8 Å². The molecule has 0 bridgehead atoms. The Bertz CT molecular complexity index is 400. The largest absolute Gasteiger partial charge is 0.375 e. The Hall–Kier alpha value is -0.680. The molecule has 0 amide bonds. The normalized spacial score (nSPS) is 35.0. The van der Waals surface area contributed by atoms with Crippen LogP contribution >= 0.6 is 0 Å². The van der Waals surface area contributed by atoms with Crippen molar-refractivity contribution in [2.75, 3.05) is 13.2 Å². The summed E-state index contributed by atoms with van der Waals surface area (Å²) in [6, 6.07) is 0. The number of ether oxygens (including phenoxy) is 3. The lowest BCUT2D eigenvalue weighted by Crippen LogP contribution is -2.39. The van der Waals surface area contributed by atoms with Gasteiger partial charge < -0.3 is 14.2 Å². The van der Waals surface area contributed by atoms with E-state index in [1.807, 2.05) is 0 Å². The number of terminal acetylenes is 1. The van der Waals surface area contributed by atoms with Crippen LogP contribution in [0.3, 0.4) is 0 Å². The van der Waals surface area contributed by atoms with Crippen molar-refractivity contribution in [2.24, 2.45) is 0 Å². The molecule has 6 heteroatoms. The minimum Gasteiger partial charge on any atom is -0.375 e. The van der Waals surface area contributed by atoms with Crippen molar-refractivity contribution in [3.8, 4) is 12.3 Å². The first kappa shape index (κ1) is 18.1. The van der Waals surface area contributed by atoms with E-state index in [2.05, 4.69) is 16.7 Å². The molecule has 6 nitrogen and oxygen atoms in total. The Labute approximate surface area is 144 Å². The summed E-state index contributed by atoms with van der Waals surface area (Å²) in [6.07, 6.45) is 16.7. The lowest BCUT2D eigenvalue weighted by Gasteiger charge is -2.33. The molecule has 2 N–H and O–H groups in total. The van der Waals surface area contributed by atoms with Crippen molar-refractivity contribution in [2.45, 2.75) is 88.7 Å². The van der Waals surface area contributed by atoms with Crippen LogP contribution in [0.4, 0.5) is 0 Å². The summed E-state index contributed by atoms with van der Waals surface area (Å²) in [4.78, 5) is 5.37. The van der Waals surface area contributed by atoms with Crippen molar-refractivity contribution >= 4 is 0 Å². The van der Waals surface area contributed by atoms with E-state index < -0.39 is 0 Å². The maximum Gasteiger partial charge on any atom is 0.188 e. The van der Waals surface area contributed by atoms with Gasteiger partial charge in [-0.1, -0.05) is 25.2 Å². The summed E-state index contributed by atoms with van der Waals surface area (Å²) in [5.41, 5.74) is 2.75. The van der Waals surface area contributed by atoms with E-state index in [1.165, 1.54) is 32.1 Å². The van der Waals surface area contributed by atoms with Gasteiger partial charge in [0.2, 0.25) is 0 Å². The van der Waals surface area contributed by atoms with E-state index in [0.717, 1.165) is 25.7 Å². The molecule has 0 radical (unpaired) electrons. The Morgan fingerprint density at radius 2 is 1.62 bits per heavy atom. The Morgan fingerprint density at radius 1 is 0.917 bits per heavy atom. The fraction of sp³-hybridized carbons (Fsp3) is 0.889. The zero-order valence-electron chi connectivity index (χ0n) is 14.4. The van der Waals surface area contributed by atoms with Gasteiger partial charge in [-0.05, 0) is 38.5 Å². The van der Waals surface area contributed by atoms with Gasteiger partial charge in [0.1, 0.15) is 6.61 Å². The van der Waals surface area contributed by atoms with Gasteiger partial charge in [0.15, 0.2) is 12.6 Å². The average Bonchev–Trinajstić information content (AvgIpc) is 3.08. The minimum absolute atomic E-state index is 0.205. The molecule has 2 aliphatic carbocycles. The molecule has 2 unspecified atom stereocenters. The quantitative estimate of drug-likeness (QED) is 0.693. The number of nitrogens with one attached hydrogen (secondary N) is 2. The fourth-order valence-electron chi connectivity index (χ4n) is 3.71. The van der Waals surface area contributed by atoms with Gasteiger partial charge in [0.05, 0.1) is 24.9 Å². The van der Waals surface area contributed by atoms with E-state index >= 15 is 0 Å². The van der Waals surface area contributed by atoms with Crippen LogP contribution in [0.25, 0.3) is 0 Å². The summed E-state index contributed by atoms with van der Waals surface area (Å²) >= 11 is 0. The molecule has 136 valence electrons. The van der Waals surface area contributed by atoms with Crippen LogP contribution in [0.15, 0.2) is 0 Å². The molecular weight excluding hydrogens is 308 g/mol. The topological polar surface area (TPSA) is 61.0 Å². The van der Waals surface area contributed by atoms with Gasteiger partial charge in [-0.2, -0.15) is 5.48 Å². The second-order valence-corrected chi connectivity index (χ2v) is 6.91. The van der Waals surface area contributed by atoms with Gasteiger partial charge >= 0.3 is 0 Å². The zero-order chi connectivity index (χ0) is 16.6. The molecule has 3 rings (SSSR count). The summed E-state index contributed by atoms with van der Waals surface area (Å²) in [5, 5.41) is 3.13. The molecule has 0 spiro atoms. The first-order valence-electron chi connectivity index (χ1n) is 9.33. The third-order valence-corrected chi connectivity index (χ3v) is 5.03. The van der Waals surface area contributed by atoms with Crippen LogP contribution in [-0.4, -0.2) is 44.1 Å². The van der Waals surface area contributed by atoms with Gasteiger partial charge in [-0.3, -0.25) is 4.84 Å². The summed E-state index contributed by atoms with van der Waals surface area (Å²) in [5.74, 6) is 2.43. The van der Waals surface area contributed by atoms with Gasteiger partial charge in [0, 0.05) is 0 Å². The highest BCUT2D eigenvalue weighted by Gasteiger charge is 2.28. The molecule has 0 aromatic rings. The van der Waals surface area contributed by atoms with E-state index in [0.29, 0.717) is 24.9 Å². The molecule has 3 fully saturated rings. The first-order valence-corrected chi connectivity index (χ1v) is 9.33. The molecule has 0 aromatic carbocycles. The standard InChI is InChI=1S/C18H30N2O4/c1-2-12-21-18-19-17(24-20-18)13-22-14-8-10-16(11-9-14)23-15-6-4-3-5-7-15/h1,14-20H,3-13H2. The van der Waals surface area contributed by atoms with Crippen molar-refractivity contribution in [1.29, 1.82) is 0 Å². The van der Waals surface area contributed by atoms with Crippen LogP contribution in [0.1, 0.15) is 57.8 Å². The Morgan fingerprint density at radius 3 is 2.38 bits per heavy atom. The van der Waals surface area contributed by atoms with Crippen LogP contribution in [0.2, 0.25) is 0 Å². The van der Waals surface area contributed by atoms with Gasteiger partial charge in [-0.25, -0.2) is 5.32 Å². The highest BCUT2D eigenvalue weighted by Crippen LogP contribution is 2.28. The smallest absolute Gasteiger partial charge is 0.188 e. The highest BCUT2D eigenvalue weighted by atomic mass is 16.7. The van der Waals surface area contributed by atoms with Crippen molar-refractivity contribution in [3.63, 3.8) is 0 Å². The molecule has 2 saturated carbocycles. The summed E-state index contributed by atoms with van der Waals surface area (Å²) in [6.45, 7) is 0.744. The van der Waals surface area contributed by atoms with Gasteiger partial charge in [-0.15, -0.1) is 6.42 Å². The average molecular weight is 338 g/mol. The number of hydrogen-bond donors (Lipinski definition) is 2. The first-order chi connectivity index (χ1) is 11.8. The highest BCUT2D eigenvalue weighted by molar-refractivity contribution is 4.83. The molecule has 1 saturated heterocycles. The zero-order valence-corrected chi connectivity index (χ0v) is 14.4. The SMILES string of the molecule is C#CCOC1NOC(COC2CCC(OC3CCCCC3)CC2)N1. The second-order valence-electron chi connectivity index (χ2n) is 6.91. The third-order valence-electron chi connectivity index (χ3n) is 5.03. The molecule has 3 aliphatic rings. The molecule has 1 heterocycles. The summed E-state index contributed by atoms with van der Waals surface area (Å²) < 4.78 is 17.6.